The summed E-state index contributed by atoms with van der Waals surface area (Å²) in [6, 6.07) is 10.5. The highest BCUT2D eigenvalue weighted by molar-refractivity contribution is 8.00. The van der Waals surface area contributed by atoms with Gasteiger partial charge in [-0.1, -0.05) is 30.7 Å². The first-order valence-corrected chi connectivity index (χ1v) is 8.14. The molecule has 1 aromatic heterocycles. The molecule has 0 unspecified atom stereocenters. The Labute approximate surface area is 119 Å². The van der Waals surface area contributed by atoms with Gasteiger partial charge in [-0.15, -0.1) is 0 Å². The standard InChI is InChI=1S/C16H20N2S/c1-19-16(8-4-9-16)12-17-11-14-6-2-5-13-7-3-10-18-15(13)14/h2-3,5-7,10,17H,4,8-9,11-12H2,1H3. The van der Waals surface area contributed by atoms with E-state index in [-0.39, 0.29) is 0 Å². The predicted octanol–water partition coefficient (Wildman–Crippen LogP) is 3.61. The third-order valence-electron chi connectivity index (χ3n) is 4.18. The van der Waals surface area contributed by atoms with Gasteiger partial charge in [0, 0.05) is 29.4 Å². The molecule has 1 saturated carbocycles. The van der Waals surface area contributed by atoms with Gasteiger partial charge in [0.25, 0.3) is 0 Å². The molecule has 1 N–H and O–H groups in total. The zero-order valence-corrected chi connectivity index (χ0v) is 12.2. The molecule has 1 aliphatic rings. The number of para-hydroxylation sites is 1. The Morgan fingerprint density at radius 2 is 2.11 bits per heavy atom. The highest BCUT2D eigenvalue weighted by atomic mass is 32.2. The van der Waals surface area contributed by atoms with Crippen molar-refractivity contribution in [2.24, 2.45) is 0 Å². The Balaban J connectivity index is 1.68. The van der Waals surface area contributed by atoms with Crippen LogP contribution in [-0.4, -0.2) is 22.5 Å². The molecule has 1 aromatic carbocycles. The molecule has 1 fully saturated rings. The van der Waals surface area contributed by atoms with Crippen LogP contribution in [0.1, 0.15) is 24.8 Å². The number of aromatic nitrogens is 1. The second-order valence-electron chi connectivity index (χ2n) is 5.34. The van der Waals surface area contributed by atoms with Crippen LogP contribution >= 0.6 is 11.8 Å². The summed E-state index contributed by atoms with van der Waals surface area (Å²) in [5.74, 6) is 0. The maximum atomic E-state index is 4.51. The van der Waals surface area contributed by atoms with Crippen LogP contribution in [0.25, 0.3) is 10.9 Å². The van der Waals surface area contributed by atoms with E-state index in [0.29, 0.717) is 4.75 Å². The first-order chi connectivity index (χ1) is 9.33. The van der Waals surface area contributed by atoms with Crippen LogP contribution < -0.4 is 5.32 Å². The predicted molar refractivity (Wildman–Crippen MR) is 83.5 cm³/mol. The van der Waals surface area contributed by atoms with Gasteiger partial charge < -0.3 is 5.32 Å². The van der Waals surface area contributed by atoms with Crippen LogP contribution in [0, 0.1) is 0 Å². The van der Waals surface area contributed by atoms with E-state index < -0.39 is 0 Å². The van der Waals surface area contributed by atoms with Crippen molar-refractivity contribution in [3.05, 3.63) is 42.1 Å². The lowest BCUT2D eigenvalue weighted by Gasteiger charge is -2.40. The van der Waals surface area contributed by atoms with Gasteiger partial charge in [0.2, 0.25) is 0 Å². The van der Waals surface area contributed by atoms with Crippen molar-refractivity contribution in [2.45, 2.75) is 30.6 Å². The van der Waals surface area contributed by atoms with E-state index in [1.54, 1.807) is 0 Å². The van der Waals surface area contributed by atoms with Crippen LogP contribution in [0.3, 0.4) is 0 Å². The molecule has 3 rings (SSSR count). The number of rotatable bonds is 5. The Hall–Kier alpha value is -1.06. The molecule has 0 radical (unpaired) electrons. The van der Waals surface area contributed by atoms with E-state index in [2.05, 4.69) is 40.8 Å². The summed E-state index contributed by atoms with van der Waals surface area (Å²) in [6.07, 6.45) is 8.21. The van der Waals surface area contributed by atoms with Gasteiger partial charge in [-0.3, -0.25) is 4.98 Å². The lowest BCUT2D eigenvalue weighted by Crippen LogP contribution is -2.43. The summed E-state index contributed by atoms with van der Waals surface area (Å²) < 4.78 is 0.498. The van der Waals surface area contributed by atoms with Crippen LogP contribution in [0.5, 0.6) is 0 Å². The first-order valence-electron chi connectivity index (χ1n) is 6.91. The molecule has 2 nitrogen and oxygen atoms in total. The molecule has 0 saturated heterocycles. The number of hydrogen-bond donors (Lipinski definition) is 1. The molecule has 0 bridgehead atoms. The smallest absolute Gasteiger partial charge is 0.0746 e. The molecular formula is C16H20N2S. The van der Waals surface area contributed by atoms with E-state index in [4.69, 9.17) is 0 Å². The van der Waals surface area contributed by atoms with Crippen molar-refractivity contribution in [3.8, 4) is 0 Å². The third kappa shape index (κ3) is 2.63. The number of nitrogens with one attached hydrogen (secondary N) is 1. The fourth-order valence-corrected chi connectivity index (χ4v) is 3.70. The van der Waals surface area contributed by atoms with Crippen molar-refractivity contribution < 1.29 is 0 Å². The van der Waals surface area contributed by atoms with Crippen LogP contribution in [0.2, 0.25) is 0 Å². The summed E-state index contributed by atoms with van der Waals surface area (Å²) in [7, 11) is 0. The monoisotopic (exact) mass is 272 g/mol. The van der Waals surface area contributed by atoms with Crippen LogP contribution in [0.15, 0.2) is 36.5 Å². The molecule has 19 heavy (non-hydrogen) atoms. The van der Waals surface area contributed by atoms with E-state index >= 15 is 0 Å². The summed E-state index contributed by atoms with van der Waals surface area (Å²) >= 11 is 2.02. The topological polar surface area (TPSA) is 24.9 Å². The van der Waals surface area contributed by atoms with Gasteiger partial charge in [0.1, 0.15) is 0 Å². The van der Waals surface area contributed by atoms with Gasteiger partial charge in [0.05, 0.1) is 5.52 Å². The number of hydrogen-bond acceptors (Lipinski definition) is 3. The molecule has 1 aliphatic carbocycles. The maximum absolute atomic E-state index is 4.51. The number of thioether (sulfide) groups is 1. The minimum absolute atomic E-state index is 0.498. The fraction of sp³-hybridized carbons (Fsp3) is 0.438. The highest BCUT2D eigenvalue weighted by Crippen LogP contribution is 2.42. The van der Waals surface area contributed by atoms with Gasteiger partial charge in [-0.2, -0.15) is 11.8 Å². The Morgan fingerprint density at radius 1 is 1.26 bits per heavy atom. The SMILES string of the molecule is CSC1(CNCc2cccc3cccnc23)CCC1. The highest BCUT2D eigenvalue weighted by Gasteiger charge is 2.35. The van der Waals surface area contributed by atoms with Gasteiger partial charge in [-0.25, -0.2) is 0 Å². The van der Waals surface area contributed by atoms with Crippen LogP contribution in [0.4, 0.5) is 0 Å². The van der Waals surface area contributed by atoms with Gasteiger partial charge in [-0.05, 0) is 30.7 Å². The first kappa shape index (κ1) is 12.9. The fourth-order valence-electron chi connectivity index (χ4n) is 2.76. The molecular weight excluding hydrogens is 252 g/mol. The number of pyridine rings is 1. The summed E-state index contributed by atoms with van der Waals surface area (Å²) in [5.41, 5.74) is 2.43. The molecule has 0 amide bonds. The second-order valence-corrected chi connectivity index (χ2v) is 6.61. The van der Waals surface area contributed by atoms with Crippen LogP contribution in [-0.2, 0) is 6.54 Å². The van der Waals surface area contributed by atoms with E-state index in [0.717, 1.165) is 18.6 Å². The van der Waals surface area contributed by atoms with Gasteiger partial charge in [0.15, 0.2) is 0 Å². The number of benzene rings is 1. The van der Waals surface area contributed by atoms with Crippen molar-refractivity contribution in [1.29, 1.82) is 0 Å². The maximum Gasteiger partial charge on any atom is 0.0746 e. The Bertz CT molecular complexity index is 553. The third-order valence-corrected chi connectivity index (χ3v) is 5.60. The van der Waals surface area contributed by atoms with E-state index in [1.807, 2.05) is 24.0 Å². The zero-order chi connectivity index (χ0) is 13.1. The molecule has 0 atom stereocenters. The number of fused-ring (bicyclic) bond motifs is 1. The average Bonchev–Trinajstić information content (AvgIpc) is 2.42. The zero-order valence-electron chi connectivity index (χ0n) is 11.4. The molecule has 0 aliphatic heterocycles. The molecule has 2 aromatic rings. The number of nitrogens with zero attached hydrogens (tertiary/aromatic N) is 1. The van der Waals surface area contributed by atoms with E-state index in [1.165, 1.54) is 30.2 Å². The minimum Gasteiger partial charge on any atom is -0.311 e. The average molecular weight is 272 g/mol. The van der Waals surface area contributed by atoms with Gasteiger partial charge >= 0.3 is 0 Å². The molecule has 1 heterocycles. The van der Waals surface area contributed by atoms with Crippen molar-refractivity contribution in [1.82, 2.24) is 10.3 Å². The quantitative estimate of drug-likeness (QED) is 0.900. The molecule has 0 spiro atoms. The second kappa shape index (κ2) is 5.51. The molecule has 100 valence electrons. The Morgan fingerprint density at radius 3 is 2.84 bits per heavy atom. The van der Waals surface area contributed by atoms with Crippen molar-refractivity contribution >= 4 is 22.7 Å². The normalized spacial score (nSPS) is 17.3. The summed E-state index contributed by atoms with van der Waals surface area (Å²) in [4.78, 5) is 4.51. The lowest BCUT2D eigenvalue weighted by atomic mass is 9.84. The molecule has 3 heteroatoms. The Kier molecular flexibility index (Phi) is 3.76. The summed E-state index contributed by atoms with van der Waals surface area (Å²) in [5, 5.41) is 4.85. The van der Waals surface area contributed by atoms with E-state index in [9.17, 15) is 0 Å². The summed E-state index contributed by atoms with van der Waals surface area (Å²) in [6.45, 7) is 2.02. The largest absolute Gasteiger partial charge is 0.311 e. The minimum atomic E-state index is 0.498. The van der Waals surface area contributed by atoms with Crippen molar-refractivity contribution in [2.75, 3.05) is 12.8 Å². The van der Waals surface area contributed by atoms with Crippen molar-refractivity contribution in [3.63, 3.8) is 0 Å². The lowest BCUT2D eigenvalue weighted by molar-refractivity contribution is 0.345.